The highest BCUT2D eigenvalue weighted by Gasteiger charge is 2.17. The number of hydrogen-bond acceptors (Lipinski definition) is 4. The van der Waals surface area contributed by atoms with Crippen molar-refractivity contribution in [2.75, 3.05) is 20.3 Å². The second-order valence-corrected chi connectivity index (χ2v) is 4.08. The van der Waals surface area contributed by atoms with Gasteiger partial charge in [0.2, 0.25) is 0 Å². The molecule has 0 aliphatic heterocycles. The Bertz CT molecular complexity index is 464. The van der Waals surface area contributed by atoms with Gasteiger partial charge in [-0.1, -0.05) is 12.1 Å². The number of carboxylic acid groups (broad SMARTS) is 1. The van der Waals surface area contributed by atoms with Gasteiger partial charge in [-0.2, -0.15) is 0 Å². The van der Waals surface area contributed by atoms with Crippen LogP contribution < -0.4 is 15.4 Å². The van der Waals surface area contributed by atoms with E-state index >= 15 is 0 Å². The first kappa shape index (κ1) is 15.8. The van der Waals surface area contributed by atoms with Gasteiger partial charge in [0.05, 0.1) is 13.7 Å². The van der Waals surface area contributed by atoms with Crippen LogP contribution in [0.4, 0.5) is 4.79 Å². The van der Waals surface area contributed by atoms with Gasteiger partial charge in [0.25, 0.3) is 0 Å². The molecule has 0 fully saturated rings. The smallest absolute Gasteiger partial charge is 0.328 e. The number of methoxy groups -OCH3 is 1. The largest absolute Gasteiger partial charge is 0.497 e. The minimum atomic E-state index is -1.30. The fraction of sp³-hybridized carbons (Fsp3) is 0.385. The number of nitrogens with one attached hydrogen (secondary N) is 2. The Kier molecular flexibility index (Phi) is 6.31. The predicted octanol–water partition coefficient (Wildman–Crippen LogP) is -0.0176. The number of aliphatic hydroxyl groups excluding tert-OH is 1. The van der Waals surface area contributed by atoms with Crippen LogP contribution >= 0.6 is 0 Å². The van der Waals surface area contributed by atoms with Gasteiger partial charge in [-0.25, -0.2) is 9.59 Å². The Morgan fingerprint density at radius 1 is 1.40 bits per heavy atom. The van der Waals surface area contributed by atoms with Gasteiger partial charge in [0.15, 0.2) is 6.04 Å². The molecule has 20 heavy (non-hydrogen) atoms. The Labute approximate surface area is 116 Å². The molecule has 0 aromatic heterocycles. The summed E-state index contributed by atoms with van der Waals surface area (Å²) in [5.74, 6) is -0.548. The lowest BCUT2D eigenvalue weighted by Crippen LogP contribution is -2.48. The summed E-state index contributed by atoms with van der Waals surface area (Å²) in [5, 5.41) is 22.1. The zero-order valence-corrected chi connectivity index (χ0v) is 11.1. The molecule has 1 aromatic carbocycles. The first-order valence-corrected chi connectivity index (χ1v) is 6.07. The van der Waals surface area contributed by atoms with Crippen molar-refractivity contribution >= 4 is 12.0 Å². The number of aliphatic carboxylic acids is 1. The van der Waals surface area contributed by atoms with Crippen LogP contribution in [0.1, 0.15) is 5.56 Å². The molecule has 0 aliphatic carbocycles. The number of urea groups is 1. The van der Waals surface area contributed by atoms with Crippen molar-refractivity contribution in [2.24, 2.45) is 0 Å². The normalized spacial score (nSPS) is 11.5. The van der Waals surface area contributed by atoms with Gasteiger partial charge in [0, 0.05) is 6.54 Å². The molecule has 0 bridgehead atoms. The van der Waals surface area contributed by atoms with Crippen LogP contribution in [0.25, 0.3) is 0 Å². The summed E-state index contributed by atoms with van der Waals surface area (Å²) >= 11 is 0. The van der Waals surface area contributed by atoms with Crippen LogP contribution in [0, 0.1) is 0 Å². The van der Waals surface area contributed by atoms with E-state index in [9.17, 15) is 9.59 Å². The van der Waals surface area contributed by atoms with Crippen molar-refractivity contribution < 1.29 is 24.5 Å². The number of amides is 2. The molecule has 0 radical (unpaired) electrons. The van der Waals surface area contributed by atoms with E-state index in [0.29, 0.717) is 13.0 Å². The Morgan fingerprint density at radius 3 is 2.75 bits per heavy atom. The molecule has 1 atom stereocenters. The third-order valence-electron chi connectivity index (χ3n) is 2.62. The summed E-state index contributed by atoms with van der Waals surface area (Å²) in [6.45, 7) is -0.310. The van der Waals surface area contributed by atoms with Crippen LogP contribution in [0.15, 0.2) is 24.3 Å². The minimum Gasteiger partial charge on any atom is -0.497 e. The molecule has 1 rings (SSSR count). The third kappa shape index (κ3) is 5.15. The molecule has 2 amide bonds. The van der Waals surface area contributed by atoms with Crippen molar-refractivity contribution in [1.29, 1.82) is 0 Å². The van der Waals surface area contributed by atoms with Crippen molar-refractivity contribution in [2.45, 2.75) is 12.5 Å². The standard InChI is InChI=1S/C13H18N2O5/c1-20-10-4-2-3-9(7-10)5-6-14-13(19)15-11(8-16)12(17)18/h2-4,7,11,16H,5-6,8H2,1H3,(H,17,18)(H2,14,15,19)/t11-/m0/s1. The van der Waals surface area contributed by atoms with E-state index in [1.54, 1.807) is 7.11 Å². The second-order valence-electron chi connectivity index (χ2n) is 4.08. The number of carbonyl (C=O) groups is 2. The van der Waals surface area contributed by atoms with E-state index in [1.165, 1.54) is 0 Å². The molecule has 7 heteroatoms. The summed E-state index contributed by atoms with van der Waals surface area (Å²) < 4.78 is 5.08. The number of rotatable bonds is 7. The van der Waals surface area contributed by atoms with E-state index in [2.05, 4.69) is 10.6 Å². The van der Waals surface area contributed by atoms with Crippen molar-refractivity contribution in [3.8, 4) is 5.75 Å². The number of aliphatic hydroxyl groups is 1. The van der Waals surface area contributed by atoms with Gasteiger partial charge in [0.1, 0.15) is 5.75 Å². The lowest BCUT2D eigenvalue weighted by Gasteiger charge is -2.12. The lowest BCUT2D eigenvalue weighted by atomic mass is 10.1. The van der Waals surface area contributed by atoms with Crippen molar-refractivity contribution in [3.05, 3.63) is 29.8 Å². The Balaban J connectivity index is 2.36. The van der Waals surface area contributed by atoms with E-state index in [-0.39, 0.29) is 0 Å². The zero-order chi connectivity index (χ0) is 15.0. The summed E-state index contributed by atoms with van der Waals surface area (Å²) in [4.78, 5) is 22.0. The average molecular weight is 282 g/mol. The Morgan fingerprint density at radius 2 is 2.15 bits per heavy atom. The maximum absolute atomic E-state index is 11.4. The van der Waals surface area contributed by atoms with Gasteiger partial charge >= 0.3 is 12.0 Å². The molecule has 7 nitrogen and oxygen atoms in total. The fourth-order valence-electron chi connectivity index (χ4n) is 1.54. The summed E-state index contributed by atoms with van der Waals surface area (Å²) in [7, 11) is 1.58. The van der Waals surface area contributed by atoms with E-state index in [0.717, 1.165) is 11.3 Å². The Hall–Kier alpha value is -2.28. The van der Waals surface area contributed by atoms with Crippen LogP contribution in [0.3, 0.4) is 0 Å². The topological polar surface area (TPSA) is 108 Å². The molecular weight excluding hydrogens is 264 g/mol. The van der Waals surface area contributed by atoms with Gasteiger partial charge in [-0.05, 0) is 24.1 Å². The minimum absolute atomic E-state index is 0.344. The second kappa shape index (κ2) is 8.00. The van der Waals surface area contributed by atoms with E-state index in [1.807, 2.05) is 24.3 Å². The molecule has 0 unspecified atom stereocenters. The maximum Gasteiger partial charge on any atom is 0.328 e. The molecule has 110 valence electrons. The van der Waals surface area contributed by atoms with Crippen LogP contribution in [0.2, 0.25) is 0 Å². The number of benzene rings is 1. The molecule has 0 saturated carbocycles. The average Bonchev–Trinajstić information content (AvgIpc) is 2.44. The van der Waals surface area contributed by atoms with Gasteiger partial charge < -0.3 is 25.6 Å². The van der Waals surface area contributed by atoms with Gasteiger partial charge in [-0.15, -0.1) is 0 Å². The van der Waals surface area contributed by atoms with Gasteiger partial charge in [-0.3, -0.25) is 0 Å². The molecular formula is C13H18N2O5. The number of hydrogen-bond donors (Lipinski definition) is 4. The SMILES string of the molecule is COc1cccc(CCNC(=O)N[C@@H](CO)C(=O)O)c1. The third-order valence-corrected chi connectivity index (χ3v) is 2.62. The summed E-state index contributed by atoms with van der Waals surface area (Å²) in [6, 6.07) is 5.49. The molecule has 1 aromatic rings. The quantitative estimate of drug-likeness (QED) is 0.562. The number of carbonyl (C=O) groups excluding carboxylic acids is 1. The molecule has 0 saturated heterocycles. The van der Waals surface area contributed by atoms with Crippen LogP contribution in [-0.4, -0.2) is 48.5 Å². The maximum atomic E-state index is 11.4. The van der Waals surface area contributed by atoms with E-state index in [4.69, 9.17) is 14.9 Å². The first-order chi connectivity index (χ1) is 9.56. The highest BCUT2D eigenvalue weighted by atomic mass is 16.5. The highest BCUT2D eigenvalue weighted by Crippen LogP contribution is 2.12. The predicted molar refractivity (Wildman–Crippen MR) is 71.7 cm³/mol. The first-order valence-electron chi connectivity index (χ1n) is 6.07. The highest BCUT2D eigenvalue weighted by molar-refractivity contribution is 5.82. The van der Waals surface area contributed by atoms with Crippen LogP contribution in [0.5, 0.6) is 5.75 Å². The molecule has 0 spiro atoms. The van der Waals surface area contributed by atoms with Crippen molar-refractivity contribution in [3.63, 3.8) is 0 Å². The number of carboxylic acids is 1. The molecule has 4 N–H and O–H groups in total. The summed E-state index contributed by atoms with van der Waals surface area (Å²) in [5.41, 5.74) is 0.988. The fourth-order valence-corrected chi connectivity index (χ4v) is 1.54. The van der Waals surface area contributed by atoms with E-state index < -0.39 is 24.6 Å². The molecule has 0 heterocycles. The monoisotopic (exact) mass is 282 g/mol. The van der Waals surface area contributed by atoms with Crippen molar-refractivity contribution in [1.82, 2.24) is 10.6 Å². The number of ether oxygens (including phenoxy) is 1. The lowest BCUT2D eigenvalue weighted by molar-refractivity contribution is -0.140. The van der Waals surface area contributed by atoms with Crippen LogP contribution in [-0.2, 0) is 11.2 Å². The zero-order valence-electron chi connectivity index (χ0n) is 11.1. The molecule has 0 aliphatic rings. The summed E-state index contributed by atoms with van der Waals surface area (Å²) in [6.07, 6.45) is 0.585.